The van der Waals surface area contributed by atoms with Gasteiger partial charge in [0.05, 0.1) is 6.61 Å². The van der Waals surface area contributed by atoms with Crippen LogP contribution in [0.1, 0.15) is 46.3 Å². The molecule has 1 aliphatic carbocycles. The number of hydrogen-bond acceptors (Lipinski definition) is 4. The summed E-state index contributed by atoms with van der Waals surface area (Å²) in [5.41, 5.74) is 4.83. The highest BCUT2D eigenvalue weighted by molar-refractivity contribution is 9.10. The van der Waals surface area contributed by atoms with Crippen LogP contribution in [0, 0.1) is 5.92 Å². The lowest BCUT2D eigenvalue weighted by Crippen LogP contribution is -2.35. The van der Waals surface area contributed by atoms with E-state index in [1.54, 1.807) is 7.11 Å². The second kappa shape index (κ2) is 10.8. The van der Waals surface area contributed by atoms with Gasteiger partial charge in [-0.05, 0) is 92.1 Å². The lowest BCUT2D eigenvalue weighted by molar-refractivity contribution is 0.0994. The third kappa shape index (κ3) is 6.18. The van der Waals surface area contributed by atoms with Crippen LogP contribution >= 0.6 is 15.9 Å². The highest BCUT2D eigenvalue weighted by Crippen LogP contribution is 2.28. The number of likely N-dealkylation sites (tertiary alicyclic amines) is 1. The molecular weight excluding hydrogens is 454 g/mol. The third-order valence-electron chi connectivity index (χ3n) is 6.53. The first-order chi connectivity index (χ1) is 15.1. The molecule has 0 aromatic heterocycles. The fourth-order valence-corrected chi connectivity index (χ4v) is 5.26. The first-order valence-electron chi connectivity index (χ1n) is 11.4. The van der Waals surface area contributed by atoms with Crippen molar-refractivity contribution in [3.05, 3.63) is 63.1 Å². The maximum absolute atomic E-state index is 12.0. The molecule has 2 aromatic carbocycles. The number of Topliss-reactive ketones (excluding diaryl/α,β-unsaturated/α-hetero) is 1. The Morgan fingerprint density at radius 2 is 1.87 bits per heavy atom. The van der Waals surface area contributed by atoms with Crippen LogP contribution in [0.4, 0.5) is 0 Å². The molecular formula is C26H32BrNO3. The Hall–Kier alpha value is -1.69. The second-order valence-corrected chi connectivity index (χ2v) is 9.71. The quantitative estimate of drug-likeness (QED) is 0.463. The Kier molecular flexibility index (Phi) is 7.81. The van der Waals surface area contributed by atoms with Crippen LogP contribution < -0.4 is 4.74 Å². The molecule has 0 saturated carbocycles. The average molecular weight is 486 g/mol. The van der Waals surface area contributed by atoms with Crippen LogP contribution in [0.15, 0.2) is 40.9 Å². The third-order valence-corrected chi connectivity index (χ3v) is 6.99. The molecule has 2 aromatic rings. The van der Waals surface area contributed by atoms with Crippen LogP contribution in [0.5, 0.6) is 5.75 Å². The maximum Gasteiger partial charge on any atom is 0.163 e. The number of carbonyl (C=O) groups excluding carboxylic acids is 1. The SMILES string of the molecule is COCCOc1cc(Br)cc(CC2CCN(CCc3ccc4c(c3)C(=O)CC4)CC2)c1. The molecule has 4 nitrogen and oxygen atoms in total. The Morgan fingerprint density at radius 1 is 1.03 bits per heavy atom. The van der Waals surface area contributed by atoms with Crippen molar-refractivity contribution < 1.29 is 14.3 Å². The predicted molar refractivity (Wildman–Crippen MR) is 127 cm³/mol. The van der Waals surface area contributed by atoms with Crippen LogP contribution in [0.3, 0.4) is 0 Å². The monoisotopic (exact) mass is 485 g/mol. The molecule has 166 valence electrons. The summed E-state index contributed by atoms with van der Waals surface area (Å²) in [6, 6.07) is 12.9. The Bertz CT molecular complexity index is 906. The summed E-state index contributed by atoms with van der Waals surface area (Å²) >= 11 is 3.62. The molecule has 2 aliphatic rings. The molecule has 0 amide bonds. The first kappa shape index (κ1) is 22.5. The number of carbonyl (C=O) groups is 1. The van der Waals surface area contributed by atoms with E-state index in [1.807, 2.05) is 6.07 Å². The van der Waals surface area contributed by atoms with Gasteiger partial charge in [0, 0.05) is 30.1 Å². The van der Waals surface area contributed by atoms with Crippen molar-refractivity contribution >= 4 is 21.7 Å². The summed E-state index contributed by atoms with van der Waals surface area (Å²) in [6.45, 7) is 4.55. The van der Waals surface area contributed by atoms with Gasteiger partial charge in [-0.15, -0.1) is 0 Å². The van der Waals surface area contributed by atoms with Crippen molar-refractivity contribution in [2.75, 3.05) is 40.0 Å². The molecule has 0 unspecified atom stereocenters. The van der Waals surface area contributed by atoms with E-state index in [-0.39, 0.29) is 0 Å². The van der Waals surface area contributed by atoms with E-state index in [4.69, 9.17) is 9.47 Å². The van der Waals surface area contributed by atoms with Gasteiger partial charge in [-0.3, -0.25) is 4.79 Å². The largest absolute Gasteiger partial charge is 0.491 e. The number of halogens is 1. The normalized spacial score (nSPS) is 17.2. The summed E-state index contributed by atoms with van der Waals surface area (Å²) in [7, 11) is 1.69. The van der Waals surface area contributed by atoms with Gasteiger partial charge in [0.15, 0.2) is 5.78 Å². The number of piperidine rings is 1. The number of aryl methyl sites for hydroxylation is 1. The molecule has 1 saturated heterocycles. The molecule has 4 rings (SSSR count). The number of rotatable bonds is 9. The van der Waals surface area contributed by atoms with Gasteiger partial charge < -0.3 is 14.4 Å². The fraction of sp³-hybridized carbons (Fsp3) is 0.500. The number of hydrogen-bond donors (Lipinski definition) is 0. The molecule has 0 spiro atoms. The van der Waals surface area contributed by atoms with Gasteiger partial charge in [0.1, 0.15) is 12.4 Å². The summed E-state index contributed by atoms with van der Waals surface area (Å²) < 4.78 is 11.9. The highest BCUT2D eigenvalue weighted by Gasteiger charge is 2.21. The number of fused-ring (bicyclic) bond motifs is 1. The Morgan fingerprint density at radius 3 is 2.68 bits per heavy atom. The van der Waals surface area contributed by atoms with E-state index in [1.165, 1.54) is 29.5 Å². The lowest BCUT2D eigenvalue weighted by atomic mass is 9.90. The predicted octanol–water partition coefficient (Wildman–Crippen LogP) is 5.10. The maximum atomic E-state index is 12.0. The molecule has 0 radical (unpaired) electrons. The molecule has 1 fully saturated rings. The highest BCUT2D eigenvalue weighted by atomic mass is 79.9. The molecule has 0 atom stereocenters. The number of ketones is 1. The van der Waals surface area contributed by atoms with E-state index in [2.05, 4.69) is 51.2 Å². The zero-order chi connectivity index (χ0) is 21.6. The van der Waals surface area contributed by atoms with Crippen molar-refractivity contribution in [2.24, 2.45) is 5.92 Å². The van der Waals surface area contributed by atoms with Crippen LogP contribution in [0.2, 0.25) is 0 Å². The van der Waals surface area contributed by atoms with Gasteiger partial charge >= 0.3 is 0 Å². The zero-order valence-electron chi connectivity index (χ0n) is 18.4. The van der Waals surface area contributed by atoms with Gasteiger partial charge in [-0.2, -0.15) is 0 Å². The number of benzene rings is 2. The molecule has 0 N–H and O–H groups in total. The van der Waals surface area contributed by atoms with Gasteiger partial charge in [-0.1, -0.05) is 28.1 Å². The number of nitrogens with zero attached hydrogens (tertiary/aromatic N) is 1. The fourth-order valence-electron chi connectivity index (χ4n) is 4.74. The average Bonchev–Trinajstić information content (AvgIpc) is 3.13. The summed E-state index contributed by atoms with van der Waals surface area (Å²) in [4.78, 5) is 14.6. The van der Waals surface area contributed by atoms with Crippen molar-refractivity contribution in [3.63, 3.8) is 0 Å². The Balaban J connectivity index is 1.24. The topological polar surface area (TPSA) is 38.8 Å². The number of methoxy groups -OCH3 is 1. The van der Waals surface area contributed by atoms with Crippen molar-refractivity contribution in [2.45, 2.75) is 38.5 Å². The smallest absolute Gasteiger partial charge is 0.163 e. The first-order valence-corrected chi connectivity index (χ1v) is 12.2. The van der Waals surface area contributed by atoms with E-state index in [9.17, 15) is 4.79 Å². The van der Waals surface area contributed by atoms with Crippen molar-refractivity contribution in [3.8, 4) is 5.75 Å². The minimum Gasteiger partial charge on any atom is -0.491 e. The van der Waals surface area contributed by atoms with Crippen LogP contribution in [0.25, 0.3) is 0 Å². The molecule has 0 bridgehead atoms. The molecule has 1 heterocycles. The minimum absolute atomic E-state index is 0.317. The summed E-state index contributed by atoms with van der Waals surface area (Å²) in [5, 5.41) is 0. The second-order valence-electron chi connectivity index (χ2n) is 8.79. The van der Waals surface area contributed by atoms with Gasteiger partial charge in [0.2, 0.25) is 0 Å². The lowest BCUT2D eigenvalue weighted by Gasteiger charge is -2.32. The zero-order valence-corrected chi connectivity index (χ0v) is 20.0. The Labute approximate surface area is 194 Å². The van der Waals surface area contributed by atoms with E-state index in [0.717, 1.165) is 60.6 Å². The van der Waals surface area contributed by atoms with Crippen molar-refractivity contribution in [1.82, 2.24) is 4.90 Å². The minimum atomic E-state index is 0.317. The molecule has 1 aliphatic heterocycles. The van der Waals surface area contributed by atoms with Crippen molar-refractivity contribution in [1.29, 1.82) is 0 Å². The van der Waals surface area contributed by atoms with E-state index < -0.39 is 0 Å². The summed E-state index contributed by atoms with van der Waals surface area (Å²) in [6.07, 6.45) is 6.19. The summed E-state index contributed by atoms with van der Waals surface area (Å²) in [5.74, 6) is 1.94. The van der Waals surface area contributed by atoms with Crippen LogP contribution in [-0.2, 0) is 24.0 Å². The standard InChI is InChI=1S/C26H32BrNO3/c1-30-12-13-31-24-16-21(15-23(27)18-24)14-20-7-10-28(11-8-20)9-6-19-2-3-22-4-5-26(29)25(22)17-19/h2-3,15-18,20H,4-14H2,1H3. The van der Waals surface area contributed by atoms with Crippen LogP contribution in [-0.4, -0.2) is 50.6 Å². The van der Waals surface area contributed by atoms with E-state index >= 15 is 0 Å². The van der Waals surface area contributed by atoms with Gasteiger partial charge in [0.25, 0.3) is 0 Å². The van der Waals surface area contributed by atoms with E-state index in [0.29, 0.717) is 25.4 Å². The molecule has 31 heavy (non-hydrogen) atoms. The molecule has 5 heteroatoms. The van der Waals surface area contributed by atoms with Gasteiger partial charge in [-0.25, -0.2) is 0 Å². The number of ether oxygens (including phenoxy) is 2.